The summed E-state index contributed by atoms with van der Waals surface area (Å²) in [5.41, 5.74) is 1.13. The molecule has 2 amide bonds. The Balaban J connectivity index is 2.08. The molecule has 0 heterocycles. The van der Waals surface area contributed by atoms with Crippen LogP contribution in [0.15, 0.2) is 53.4 Å². The minimum absolute atomic E-state index is 0.127. The van der Waals surface area contributed by atoms with E-state index in [0.29, 0.717) is 17.8 Å². The van der Waals surface area contributed by atoms with Crippen LogP contribution in [0.4, 0.5) is 10.5 Å². The molecule has 2 aromatic rings. The van der Waals surface area contributed by atoms with Crippen molar-refractivity contribution >= 4 is 27.7 Å². The molecule has 180 valence electrons. The topological polar surface area (TPSA) is 96.0 Å². The van der Waals surface area contributed by atoms with Gasteiger partial charge in [0.05, 0.1) is 4.90 Å². The molecular weight excluding hydrogens is 442 g/mol. The Morgan fingerprint density at radius 2 is 1.64 bits per heavy atom. The molecule has 0 aromatic heterocycles. The van der Waals surface area contributed by atoms with E-state index in [1.807, 2.05) is 6.07 Å². The molecule has 0 saturated carbocycles. The van der Waals surface area contributed by atoms with Gasteiger partial charge in [-0.3, -0.25) is 4.79 Å². The number of amides is 2. The molecule has 8 nitrogen and oxygen atoms in total. The summed E-state index contributed by atoms with van der Waals surface area (Å²) in [7, 11) is -0.450. The molecule has 2 aromatic carbocycles. The number of ether oxygens (including phenoxy) is 1. The normalized spacial score (nSPS) is 12.0. The van der Waals surface area contributed by atoms with Crippen LogP contribution in [0.5, 0.6) is 0 Å². The molecule has 0 saturated heterocycles. The van der Waals surface area contributed by atoms with Gasteiger partial charge in [-0.1, -0.05) is 12.1 Å². The first kappa shape index (κ1) is 26.3. The molecule has 0 spiro atoms. The monoisotopic (exact) mass is 475 g/mol. The van der Waals surface area contributed by atoms with Crippen LogP contribution >= 0.6 is 0 Å². The fraction of sp³-hybridized carbons (Fsp3) is 0.417. The summed E-state index contributed by atoms with van der Waals surface area (Å²) in [6.07, 6.45) is -0.435. The maximum Gasteiger partial charge on any atom is 0.410 e. The molecule has 0 unspecified atom stereocenters. The van der Waals surface area contributed by atoms with Gasteiger partial charge in [0.2, 0.25) is 10.0 Å². The van der Waals surface area contributed by atoms with Crippen LogP contribution in [0.25, 0.3) is 0 Å². The first-order chi connectivity index (χ1) is 15.2. The van der Waals surface area contributed by atoms with Crippen molar-refractivity contribution < 1.29 is 22.7 Å². The van der Waals surface area contributed by atoms with E-state index < -0.39 is 21.7 Å². The zero-order valence-electron chi connectivity index (χ0n) is 20.2. The summed E-state index contributed by atoms with van der Waals surface area (Å²) in [5, 5.41) is 2.81. The van der Waals surface area contributed by atoms with Crippen molar-refractivity contribution in [2.24, 2.45) is 0 Å². The van der Waals surface area contributed by atoms with Gasteiger partial charge in [0.1, 0.15) is 5.60 Å². The van der Waals surface area contributed by atoms with E-state index in [1.165, 1.54) is 40.5 Å². The number of hydrogen-bond donors (Lipinski definition) is 1. The minimum Gasteiger partial charge on any atom is -0.444 e. The van der Waals surface area contributed by atoms with Crippen LogP contribution in [-0.2, 0) is 21.3 Å². The summed E-state index contributed by atoms with van der Waals surface area (Å²) < 4.78 is 31.8. The first-order valence-corrected chi connectivity index (χ1v) is 12.1. The number of hydrogen-bond acceptors (Lipinski definition) is 5. The summed E-state index contributed by atoms with van der Waals surface area (Å²) in [6, 6.07) is 12.8. The summed E-state index contributed by atoms with van der Waals surface area (Å²) in [6.45, 7) is 9.31. The van der Waals surface area contributed by atoms with Crippen molar-refractivity contribution in [3.8, 4) is 0 Å². The summed E-state index contributed by atoms with van der Waals surface area (Å²) >= 11 is 0. The molecule has 1 N–H and O–H groups in total. The second-order valence-corrected chi connectivity index (χ2v) is 11.1. The molecule has 0 radical (unpaired) electrons. The molecule has 0 atom stereocenters. The van der Waals surface area contributed by atoms with Gasteiger partial charge in [0.25, 0.3) is 5.91 Å². The van der Waals surface area contributed by atoms with Gasteiger partial charge >= 0.3 is 6.09 Å². The maximum absolute atomic E-state index is 12.7. The smallest absolute Gasteiger partial charge is 0.410 e. The molecule has 9 heteroatoms. The van der Waals surface area contributed by atoms with Crippen molar-refractivity contribution in [2.75, 3.05) is 19.4 Å². The number of benzene rings is 2. The predicted molar refractivity (Wildman–Crippen MR) is 129 cm³/mol. The van der Waals surface area contributed by atoms with E-state index in [9.17, 15) is 18.0 Å². The molecule has 0 aliphatic heterocycles. The molecular formula is C24H33N3O5S. The van der Waals surface area contributed by atoms with Crippen LogP contribution in [0, 0.1) is 0 Å². The fourth-order valence-corrected chi connectivity index (χ4v) is 4.22. The molecule has 0 bridgehead atoms. The lowest BCUT2D eigenvalue weighted by molar-refractivity contribution is 0.0285. The van der Waals surface area contributed by atoms with Crippen LogP contribution < -0.4 is 5.32 Å². The van der Waals surface area contributed by atoms with Gasteiger partial charge in [0, 0.05) is 37.9 Å². The van der Waals surface area contributed by atoms with Gasteiger partial charge in [-0.25, -0.2) is 13.2 Å². The van der Waals surface area contributed by atoms with Crippen molar-refractivity contribution in [3.05, 3.63) is 59.7 Å². The Bertz CT molecular complexity index is 1090. The van der Waals surface area contributed by atoms with E-state index in [1.54, 1.807) is 59.9 Å². The van der Waals surface area contributed by atoms with E-state index >= 15 is 0 Å². The number of carbonyl (C=O) groups excluding carboxylic acids is 2. The maximum atomic E-state index is 12.7. The van der Waals surface area contributed by atoms with Crippen LogP contribution in [-0.4, -0.2) is 55.4 Å². The first-order valence-electron chi connectivity index (χ1n) is 10.6. The number of carbonyl (C=O) groups is 2. The highest BCUT2D eigenvalue weighted by Crippen LogP contribution is 2.19. The summed E-state index contributed by atoms with van der Waals surface area (Å²) in [4.78, 5) is 26.4. The SMILES string of the molecule is CC(C)N(C)S(=O)(=O)c1ccc(C(=O)Nc2cccc(CN(C)C(=O)OC(C)(C)C)c2)cc1. The highest BCUT2D eigenvalue weighted by atomic mass is 32.2. The third-order valence-corrected chi connectivity index (χ3v) is 6.88. The van der Waals surface area contributed by atoms with E-state index in [4.69, 9.17) is 4.74 Å². The zero-order valence-corrected chi connectivity index (χ0v) is 21.1. The van der Waals surface area contributed by atoms with Gasteiger partial charge in [0.15, 0.2) is 0 Å². The molecule has 0 aliphatic rings. The Morgan fingerprint density at radius 1 is 1.03 bits per heavy atom. The van der Waals surface area contributed by atoms with Gasteiger partial charge in [-0.2, -0.15) is 4.31 Å². The average molecular weight is 476 g/mol. The van der Waals surface area contributed by atoms with E-state index in [-0.39, 0.29) is 16.8 Å². The standard InChI is InChI=1S/C24H33N3O5S/c1-17(2)27(7)33(30,31)21-13-11-19(12-14-21)22(28)25-20-10-8-9-18(15-20)16-26(6)23(29)32-24(3,4)5/h8-15,17H,16H2,1-7H3,(H,25,28). The van der Waals surface area contributed by atoms with Crippen molar-refractivity contribution in [3.63, 3.8) is 0 Å². The quantitative estimate of drug-likeness (QED) is 0.643. The highest BCUT2D eigenvalue weighted by Gasteiger charge is 2.23. The van der Waals surface area contributed by atoms with Gasteiger partial charge in [-0.15, -0.1) is 0 Å². The summed E-state index contributed by atoms with van der Waals surface area (Å²) in [5.74, 6) is -0.367. The second kappa shape index (κ2) is 10.4. The molecule has 2 rings (SSSR count). The predicted octanol–water partition coefficient (Wildman–Crippen LogP) is 4.33. The Labute approximate surface area is 196 Å². The van der Waals surface area contributed by atoms with E-state index in [2.05, 4.69) is 5.32 Å². The lowest BCUT2D eigenvalue weighted by Gasteiger charge is -2.24. The number of sulfonamides is 1. The highest BCUT2D eigenvalue weighted by molar-refractivity contribution is 7.89. The van der Waals surface area contributed by atoms with Gasteiger partial charge in [-0.05, 0) is 76.6 Å². The molecule has 33 heavy (non-hydrogen) atoms. The average Bonchev–Trinajstić information content (AvgIpc) is 2.72. The molecule has 0 fully saturated rings. The van der Waals surface area contributed by atoms with Crippen molar-refractivity contribution in [2.45, 2.75) is 57.7 Å². The number of nitrogens with zero attached hydrogens (tertiary/aromatic N) is 2. The number of rotatable bonds is 7. The van der Waals surface area contributed by atoms with Crippen LogP contribution in [0.2, 0.25) is 0 Å². The Kier molecular flexibility index (Phi) is 8.26. The van der Waals surface area contributed by atoms with E-state index in [0.717, 1.165) is 5.56 Å². The van der Waals surface area contributed by atoms with Crippen molar-refractivity contribution in [1.29, 1.82) is 0 Å². The molecule has 0 aliphatic carbocycles. The number of nitrogens with one attached hydrogen (secondary N) is 1. The fourth-order valence-electron chi connectivity index (χ4n) is 2.85. The van der Waals surface area contributed by atoms with Crippen molar-refractivity contribution in [1.82, 2.24) is 9.21 Å². The number of anilines is 1. The largest absolute Gasteiger partial charge is 0.444 e. The zero-order chi connectivity index (χ0) is 25.0. The second-order valence-electron chi connectivity index (χ2n) is 9.13. The minimum atomic E-state index is -3.62. The van der Waals surface area contributed by atoms with Gasteiger partial charge < -0.3 is 15.0 Å². The van der Waals surface area contributed by atoms with Crippen LogP contribution in [0.1, 0.15) is 50.5 Å². The Morgan fingerprint density at radius 3 is 2.18 bits per heavy atom. The lowest BCUT2D eigenvalue weighted by atomic mass is 10.1. The lowest BCUT2D eigenvalue weighted by Crippen LogP contribution is -2.33. The van der Waals surface area contributed by atoms with Crippen LogP contribution in [0.3, 0.4) is 0 Å². The third kappa shape index (κ3) is 7.30. The Hall–Kier alpha value is -2.91. The third-order valence-electron chi connectivity index (χ3n) is 4.83.